The predicted molar refractivity (Wildman–Crippen MR) is 126 cm³/mol. The Balaban J connectivity index is 1.22. The van der Waals surface area contributed by atoms with Crippen LogP contribution in [0.4, 0.5) is 10.1 Å². The predicted octanol–water partition coefficient (Wildman–Crippen LogP) is 4.70. The van der Waals surface area contributed by atoms with E-state index in [4.69, 9.17) is 16.3 Å². The second kappa shape index (κ2) is 11.0. The fourth-order valence-electron chi connectivity index (χ4n) is 4.42. The normalized spacial score (nSPS) is 17.4. The highest BCUT2D eigenvalue weighted by atomic mass is 35.5. The fourth-order valence-corrected chi connectivity index (χ4v) is 4.63. The van der Waals surface area contributed by atoms with Crippen molar-refractivity contribution in [2.24, 2.45) is 0 Å². The van der Waals surface area contributed by atoms with Crippen LogP contribution < -0.4 is 9.64 Å². The summed E-state index contributed by atoms with van der Waals surface area (Å²) in [6.45, 7) is 6.87. The van der Waals surface area contributed by atoms with Crippen molar-refractivity contribution in [2.75, 3.05) is 57.3 Å². The molecule has 0 spiro atoms. The van der Waals surface area contributed by atoms with Gasteiger partial charge in [-0.05, 0) is 68.8 Å². The summed E-state index contributed by atoms with van der Waals surface area (Å²) in [6, 6.07) is 12.5. The molecule has 0 atom stereocenters. The van der Waals surface area contributed by atoms with Crippen LogP contribution >= 0.6 is 11.6 Å². The van der Waals surface area contributed by atoms with Gasteiger partial charge in [0, 0.05) is 38.4 Å². The second-order valence-electron chi connectivity index (χ2n) is 8.48. The Morgan fingerprint density at radius 1 is 0.938 bits per heavy atom. The fraction of sp³-hybridized carbons (Fsp3) is 0.480. The van der Waals surface area contributed by atoms with Gasteiger partial charge in [0.25, 0.3) is 5.91 Å². The molecule has 2 heterocycles. The van der Waals surface area contributed by atoms with Gasteiger partial charge in [-0.2, -0.15) is 0 Å². The lowest BCUT2D eigenvalue weighted by molar-refractivity contribution is 0.0746. The monoisotopic (exact) mass is 459 g/mol. The SMILES string of the molecule is O=C(c1cccc(F)c1Cl)N1CCN(c2ccc(OCCCN3CCCCC3)cc2)CC1. The van der Waals surface area contributed by atoms with Gasteiger partial charge in [-0.25, -0.2) is 4.39 Å². The zero-order valence-corrected chi connectivity index (χ0v) is 19.2. The minimum Gasteiger partial charge on any atom is -0.494 e. The number of halogens is 2. The molecule has 1 amide bonds. The Bertz CT molecular complexity index is 895. The summed E-state index contributed by atoms with van der Waals surface area (Å²) in [6.07, 6.45) is 5.06. The van der Waals surface area contributed by atoms with Crippen LogP contribution in [0.25, 0.3) is 0 Å². The Hall–Kier alpha value is -2.31. The highest BCUT2D eigenvalue weighted by molar-refractivity contribution is 6.34. The number of likely N-dealkylation sites (tertiary alicyclic amines) is 1. The molecule has 0 N–H and O–H groups in total. The number of piperazine rings is 1. The van der Waals surface area contributed by atoms with Gasteiger partial charge in [-0.1, -0.05) is 24.1 Å². The first-order valence-corrected chi connectivity index (χ1v) is 11.9. The zero-order chi connectivity index (χ0) is 22.3. The molecular formula is C25H31ClFN3O2. The molecule has 0 aromatic heterocycles. The molecule has 0 radical (unpaired) electrons. The minimum atomic E-state index is -0.565. The van der Waals surface area contributed by atoms with E-state index in [1.165, 1.54) is 44.5 Å². The Morgan fingerprint density at radius 2 is 1.66 bits per heavy atom. The molecular weight excluding hydrogens is 429 g/mol. The van der Waals surface area contributed by atoms with Gasteiger partial charge in [0.15, 0.2) is 0 Å². The third-order valence-electron chi connectivity index (χ3n) is 6.29. The van der Waals surface area contributed by atoms with Crippen LogP contribution in [0.2, 0.25) is 5.02 Å². The number of nitrogens with zero attached hydrogens (tertiary/aromatic N) is 3. The van der Waals surface area contributed by atoms with E-state index < -0.39 is 5.82 Å². The van der Waals surface area contributed by atoms with Crippen molar-refractivity contribution in [1.29, 1.82) is 0 Å². The zero-order valence-electron chi connectivity index (χ0n) is 18.4. The lowest BCUT2D eigenvalue weighted by Gasteiger charge is -2.36. The molecule has 2 aromatic rings. The van der Waals surface area contributed by atoms with Gasteiger partial charge < -0.3 is 19.4 Å². The first kappa shape index (κ1) is 22.9. The molecule has 2 aliphatic rings. The van der Waals surface area contributed by atoms with Crippen molar-refractivity contribution in [2.45, 2.75) is 25.7 Å². The van der Waals surface area contributed by atoms with Crippen LogP contribution in [0.1, 0.15) is 36.0 Å². The van der Waals surface area contributed by atoms with E-state index in [9.17, 15) is 9.18 Å². The van der Waals surface area contributed by atoms with Crippen molar-refractivity contribution in [3.05, 3.63) is 58.9 Å². The molecule has 2 fully saturated rings. The van der Waals surface area contributed by atoms with Crippen LogP contribution in [0.3, 0.4) is 0 Å². The summed E-state index contributed by atoms with van der Waals surface area (Å²) in [5.41, 5.74) is 1.34. The molecule has 5 nitrogen and oxygen atoms in total. The molecule has 0 saturated carbocycles. The lowest BCUT2D eigenvalue weighted by Crippen LogP contribution is -2.48. The number of hydrogen-bond donors (Lipinski definition) is 0. The third kappa shape index (κ3) is 5.73. The van der Waals surface area contributed by atoms with Crippen molar-refractivity contribution in [3.8, 4) is 5.75 Å². The topological polar surface area (TPSA) is 36.0 Å². The number of amides is 1. The van der Waals surface area contributed by atoms with Crippen LogP contribution in [-0.4, -0.2) is 68.1 Å². The maximum atomic E-state index is 13.7. The van der Waals surface area contributed by atoms with E-state index in [-0.39, 0.29) is 16.5 Å². The van der Waals surface area contributed by atoms with E-state index in [0.29, 0.717) is 26.2 Å². The standard InChI is InChI=1S/C25H31ClFN3O2/c26-24-22(6-4-7-23(24)27)25(31)30-17-15-29(16-18-30)20-8-10-21(11-9-20)32-19-5-14-28-12-2-1-3-13-28/h4,6-11H,1-3,5,12-19H2. The lowest BCUT2D eigenvalue weighted by atomic mass is 10.1. The molecule has 2 aromatic carbocycles. The summed E-state index contributed by atoms with van der Waals surface area (Å²) in [5, 5.41) is -0.105. The quantitative estimate of drug-likeness (QED) is 0.562. The molecule has 4 rings (SSSR count). The summed E-state index contributed by atoms with van der Waals surface area (Å²) in [4.78, 5) is 19.2. The summed E-state index contributed by atoms with van der Waals surface area (Å²) >= 11 is 5.98. The Morgan fingerprint density at radius 3 is 2.38 bits per heavy atom. The van der Waals surface area contributed by atoms with Crippen molar-refractivity contribution in [1.82, 2.24) is 9.80 Å². The highest BCUT2D eigenvalue weighted by Crippen LogP contribution is 2.24. The Labute approximate surface area is 194 Å². The van der Waals surface area contributed by atoms with Crippen LogP contribution in [-0.2, 0) is 0 Å². The van der Waals surface area contributed by atoms with Gasteiger partial charge in [-0.3, -0.25) is 4.79 Å². The van der Waals surface area contributed by atoms with Crippen LogP contribution in [0, 0.1) is 5.82 Å². The minimum absolute atomic E-state index is 0.105. The molecule has 172 valence electrons. The van der Waals surface area contributed by atoms with E-state index in [1.807, 2.05) is 12.1 Å². The van der Waals surface area contributed by atoms with Crippen molar-refractivity contribution < 1.29 is 13.9 Å². The van der Waals surface area contributed by atoms with Gasteiger partial charge in [0.05, 0.1) is 17.2 Å². The molecule has 0 bridgehead atoms. The number of anilines is 1. The van der Waals surface area contributed by atoms with E-state index in [2.05, 4.69) is 21.9 Å². The smallest absolute Gasteiger partial charge is 0.255 e. The number of carbonyl (C=O) groups excluding carboxylic acids is 1. The number of carbonyl (C=O) groups is 1. The summed E-state index contributed by atoms with van der Waals surface area (Å²) < 4.78 is 19.6. The molecule has 2 aliphatic heterocycles. The molecule has 0 unspecified atom stereocenters. The van der Waals surface area contributed by atoms with E-state index in [0.717, 1.165) is 31.0 Å². The Kier molecular flexibility index (Phi) is 7.87. The van der Waals surface area contributed by atoms with Gasteiger partial charge in [0.2, 0.25) is 0 Å². The number of piperidine rings is 1. The maximum Gasteiger partial charge on any atom is 0.255 e. The maximum absolute atomic E-state index is 13.7. The van der Waals surface area contributed by atoms with Crippen LogP contribution in [0.15, 0.2) is 42.5 Å². The van der Waals surface area contributed by atoms with Crippen molar-refractivity contribution >= 4 is 23.2 Å². The molecule has 7 heteroatoms. The second-order valence-corrected chi connectivity index (χ2v) is 8.86. The van der Waals surface area contributed by atoms with Crippen molar-refractivity contribution in [3.63, 3.8) is 0 Å². The first-order valence-electron chi connectivity index (χ1n) is 11.6. The highest BCUT2D eigenvalue weighted by Gasteiger charge is 2.24. The average Bonchev–Trinajstić information content (AvgIpc) is 2.84. The number of rotatable bonds is 7. The number of ether oxygens (including phenoxy) is 1. The van der Waals surface area contributed by atoms with Gasteiger partial charge >= 0.3 is 0 Å². The number of hydrogen-bond acceptors (Lipinski definition) is 4. The number of benzene rings is 2. The summed E-state index contributed by atoms with van der Waals surface area (Å²) in [7, 11) is 0. The molecule has 32 heavy (non-hydrogen) atoms. The van der Waals surface area contributed by atoms with Crippen LogP contribution in [0.5, 0.6) is 5.75 Å². The average molecular weight is 460 g/mol. The van der Waals surface area contributed by atoms with E-state index in [1.54, 1.807) is 11.0 Å². The largest absolute Gasteiger partial charge is 0.494 e. The molecule has 2 saturated heterocycles. The van der Waals surface area contributed by atoms with Gasteiger partial charge in [-0.15, -0.1) is 0 Å². The molecule has 0 aliphatic carbocycles. The first-order chi connectivity index (χ1) is 15.6. The van der Waals surface area contributed by atoms with E-state index >= 15 is 0 Å². The third-order valence-corrected chi connectivity index (χ3v) is 6.67. The summed E-state index contributed by atoms with van der Waals surface area (Å²) in [5.74, 6) is 0.106. The van der Waals surface area contributed by atoms with Gasteiger partial charge in [0.1, 0.15) is 11.6 Å².